The molecule has 2 N–H and O–H groups in total. The smallest absolute Gasteiger partial charge is 0.150 e. The fraction of sp³-hybridized carbons (Fsp3) is 0.321. The van der Waals surface area contributed by atoms with E-state index in [4.69, 9.17) is 9.47 Å². The van der Waals surface area contributed by atoms with Crippen LogP contribution >= 0.6 is 0 Å². The Morgan fingerprint density at radius 2 is 1.82 bits per heavy atom. The number of phenols is 1. The number of likely N-dealkylation sites (tertiary alicyclic amines) is 1. The molecular formula is C28H30N2O4. The third-order valence-electron chi connectivity index (χ3n) is 6.78. The maximum absolute atomic E-state index is 10.0. The maximum Gasteiger partial charge on any atom is 0.150 e. The molecule has 176 valence electrons. The summed E-state index contributed by atoms with van der Waals surface area (Å²) in [5, 5.41) is 20.1. The number of fused-ring (bicyclic) bond motifs is 1. The predicted octanol–water partition coefficient (Wildman–Crippen LogP) is 5.28. The highest BCUT2D eigenvalue weighted by Gasteiger charge is 2.30. The lowest BCUT2D eigenvalue weighted by Gasteiger charge is -2.38. The van der Waals surface area contributed by atoms with Crippen LogP contribution in [0.25, 0.3) is 11.1 Å². The minimum atomic E-state index is -0.387. The molecule has 2 aromatic carbocycles. The van der Waals surface area contributed by atoms with Crippen molar-refractivity contribution in [2.75, 3.05) is 26.2 Å². The number of phenolic OH excluding ortho intramolecular Hbond substituents is 1. The molecule has 34 heavy (non-hydrogen) atoms. The second kappa shape index (κ2) is 9.39. The van der Waals surface area contributed by atoms with Gasteiger partial charge in [-0.05, 0) is 60.4 Å². The first-order valence-electron chi connectivity index (χ1n) is 11.8. The molecule has 0 aliphatic carbocycles. The molecular weight excluding hydrogens is 428 g/mol. The Morgan fingerprint density at radius 3 is 2.56 bits per heavy atom. The van der Waals surface area contributed by atoms with Crippen molar-refractivity contribution in [2.45, 2.75) is 26.4 Å². The highest BCUT2D eigenvalue weighted by atomic mass is 16.5. The quantitative estimate of drug-likeness (QED) is 0.502. The predicted molar refractivity (Wildman–Crippen MR) is 132 cm³/mol. The summed E-state index contributed by atoms with van der Waals surface area (Å²) in [6.07, 6.45) is 4.00. The molecule has 3 heterocycles. The summed E-state index contributed by atoms with van der Waals surface area (Å²) in [5.41, 5.74) is 4.44. The summed E-state index contributed by atoms with van der Waals surface area (Å²) >= 11 is 0. The number of aromatic hydroxyl groups is 2. The first-order valence-corrected chi connectivity index (χ1v) is 11.8. The molecule has 5 rings (SSSR count). The van der Waals surface area contributed by atoms with Gasteiger partial charge in [-0.25, -0.2) is 0 Å². The summed E-state index contributed by atoms with van der Waals surface area (Å²) in [7, 11) is 0. The molecule has 6 nitrogen and oxygen atoms in total. The normalized spacial score (nSPS) is 18.2. The van der Waals surface area contributed by atoms with Gasteiger partial charge in [0, 0.05) is 42.5 Å². The first kappa shape index (κ1) is 22.3. The molecule has 1 atom stereocenters. The number of nitrogens with zero attached hydrogens (tertiary/aromatic N) is 2. The topological polar surface area (TPSA) is 75.1 Å². The molecule has 1 unspecified atom stereocenters. The minimum absolute atomic E-state index is 0.0921. The van der Waals surface area contributed by atoms with E-state index >= 15 is 0 Å². The Balaban J connectivity index is 1.38. The zero-order valence-corrected chi connectivity index (χ0v) is 19.6. The third-order valence-corrected chi connectivity index (χ3v) is 6.78. The SMILES string of the molecule is CCC1CN(CCOc2ccc(C3Oc4ccc(O)cc4C(C)=C3c3cncc(O)c3)cc2)C1. The van der Waals surface area contributed by atoms with Crippen molar-refractivity contribution in [3.8, 4) is 23.0 Å². The summed E-state index contributed by atoms with van der Waals surface area (Å²) in [5.74, 6) is 2.65. The van der Waals surface area contributed by atoms with Crippen LogP contribution in [0, 0.1) is 5.92 Å². The standard InChI is InChI=1S/C28H30N2O4/c1-3-19-16-30(17-19)10-11-33-24-7-4-20(5-8-24)28-27(21-12-23(32)15-29-14-21)18(2)25-13-22(31)6-9-26(25)34-28/h4-9,12-15,19,28,31-32H,3,10-11,16-17H2,1-2H3. The van der Waals surface area contributed by atoms with Gasteiger partial charge in [0.25, 0.3) is 0 Å². The number of hydrogen-bond donors (Lipinski definition) is 2. The molecule has 2 aliphatic heterocycles. The van der Waals surface area contributed by atoms with E-state index in [-0.39, 0.29) is 17.6 Å². The third kappa shape index (κ3) is 4.46. The molecule has 0 radical (unpaired) electrons. The molecule has 1 saturated heterocycles. The molecule has 2 aliphatic rings. The zero-order chi connectivity index (χ0) is 23.7. The van der Waals surface area contributed by atoms with Gasteiger partial charge < -0.3 is 19.7 Å². The van der Waals surface area contributed by atoms with Crippen molar-refractivity contribution >= 4 is 11.1 Å². The van der Waals surface area contributed by atoms with Crippen molar-refractivity contribution in [3.63, 3.8) is 0 Å². The lowest BCUT2D eigenvalue weighted by molar-refractivity contribution is 0.0806. The van der Waals surface area contributed by atoms with Crippen LogP contribution in [0.5, 0.6) is 23.0 Å². The van der Waals surface area contributed by atoms with Crippen molar-refractivity contribution in [1.82, 2.24) is 9.88 Å². The van der Waals surface area contributed by atoms with Gasteiger partial charge in [0.05, 0.1) is 6.20 Å². The fourth-order valence-electron chi connectivity index (χ4n) is 4.77. The molecule has 3 aromatic rings. The second-order valence-corrected chi connectivity index (χ2v) is 9.10. The van der Waals surface area contributed by atoms with Crippen LogP contribution in [0.1, 0.15) is 43.1 Å². The molecule has 1 fully saturated rings. The Bertz CT molecular complexity index is 1200. The average molecular weight is 459 g/mol. The number of benzene rings is 2. The maximum atomic E-state index is 10.0. The van der Waals surface area contributed by atoms with E-state index in [1.54, 1.807) is 30.5 Å². The lowest BCUT2D eigenvalue weighted by Crippen LogP contribution is -2.47. The van der Waals surface area contributed by atoms with E-state index in [2.05, 4.69) is 16.8 Å². The molecule has 0 bridgehead atoms. The summed E-state index contributed by atoms with van der Waals surface area (Å²) in [6.45, 7) is 8.22. The van der Waals surface area contributed by atoms with Crippen LogP contribution in [0.15, 0.2) is 60.9 Å². The number of hydrogen-bond acceptors (Lipinski definition) is 6. The summed E-state index contributed by atoms with van der Waals surface area (Å²) in [6, 6.07) is 14.8. The van der Waals surface area contributed by atoms with Gasteiger partial charge in [-0.15, -0.1) is 0 Å². The van der Waals surface area contributed by atoms with E-state index < -0.39 is 0 Å². The van der Waals surface area contributed by atoms with E-state index in [0.717, 1.165) is 46.0 Å². The van der Waals surface area contributed by atoms with Crippen molar-refractivity contribution in [2.24, 2.45) is 5.92 Å². The van der Waals surface area contributed by atoms with Crippen molar-refractivity contribution in [3.05, 3.63) is 77.6 Å². The average Bonchev–Trinajstić information content (AvgIpc) is 2.81. The number of rotatable bonds is 7. The second-order valence-electron chi connectivity index (χ2n) is 9.10. The van der Waals surface area contributed by atoms with E-state index in [9.17, 15) is 10.2 Å². The van der Waals surface area contributed by atoms with Gasteiger partial charge in [0.1, 0.15) is 35.7 Å². The number of allylic oxidation sites excluding steroid dienone is 1. The van der Waals surface area contributed by atoms with E-state index in [1.807, 2.05) is 31.2 Å². The van der Waals surface area contributed by atoms with Crippen LogP contribution in [0.3, 0.4) is 0 Å². The van der Waals surface area contributed by atoms with Gasteiger partial charge in [0.15, 0.2) is 0 Å². The monoisotopic (exact) mass is 458 g/mol. The molecule has 1 aromatic heterocycles. The Hall–Kier alpha value is -3.51. The molecule has 0 amide bonds. The highest BCUT2D eigenvalue weighted by molar-refractivity contribution is 5.95. The number of aromatic nitrogens is 1. The molecule has 0 saturated carbocycles. The van der Waals surface area contributed by atoms with Crippen molar-refractivity contribution < 1.29 is 19.7 Å². The van der Waals surface area contributed by atoms with Crippen LogP contribution in [0.2, 0.25) is 0 Å². The van der Waals surface area contributed by atoms with Gasteiger partial charge in [-0.1, -0.05) is 25.5 Å². The van der Waals surface area contributed by atoms with E-state index in [1.165, 1.54) is 25.7 Å². The Kier molecular flexibility index (Phi) is 6.16. The van der Waals surface area contributed by atoms with Gasteiger partial charge in [-0.3, -0.25) is 9.88 Å². The van der Waals surface area contributed by atoms with Crippen LogP contribution < -0.4 is 9.47 Å². The van der Waals surface area contributed by atoms with Gasteiger partial charge in [0.2, 0.25) is 0 Å². The molecule has 6 heteroatoms. The Morgan fingerprint density at radius 1 is 1.03 bits per heavy atom. The first-order chi connectivity index (χ1) is 16.5. The van der Waals surface area contributed by atoms with Gasteiger partial charge >= 0.3 is 0 Å². The van der Waals surface area contributed by atoms with Gasteiger partial charge in [-0.2, -0.15) is 0 Å². The summed E-state index contributed by atoms with van der Waals surface area (Å²) in [4.78, 5) is 6.59. The fourth-order valence-corrected chi connectivity index (χ4v) is 4.77. The van der Waals surface area contributed by atoms with E-state index in [0.29, 0.717) is 12.4 Å². The molecule has 0 spiro atoms. The largest absolute Gasteiger partial charge is 0.508 e. The van der Waals surface area contributed by atoms with Crippen molar-refractivity contribution in [1.29, 1.82) is 0 Å². The number of pyridine rings is 1. The Labute approximate surface area is 200 Å². The van der Waals surface area contributed by atoms with Crippen LogP contribution in [0.4, 0.5) is 0 Å². The zero-order valence-electron chi connectivity index (χ0n) is 19.6. The number of ether oxygens (including phenoxy) is 2. The lowest BCUT2D eigenvalue weighted by atomic mass is 9.86. The highest BCUT2D eigenvalue weighted by Crippen LogP contribution is 2.47. The van der Waals surface area contributed by atoms with Crippen LogP contribution in [-0.4, -0.2) is 46.3 Å². The minimum Gasteiger partial charge on any atom is -0.508 e. The van der Waals surface area contributed by atoms with Crippen LogP contribution in [-0.2, 0) is 0 Å². The summed E-state index contributed by atoms with van der Waals surface area (Å²) < 4.78 is 12.4.